The number of aryl methyl sites for hydroxylation is 1. The van der Waals surface area contributed by atoms with Crippen molar-refractivity contribution in [1.29, 1.82) is 0 Å². The maximum atomic E-state index is 5.96. The summed E-state index contributed by atoms with van der Waals surface area (Å²) in [7, 11) is 0. The zero-order valence-corrected chi connectivity index (χ0v) is 8.01. The highest BCUT2D eigenvalue weighted by atomic mass is 32.1. The first-order valence-corrected chi connectivity index (χ1v) is 4.81. The number of hydrogen-bond donors (Lipinski definition) is 2. The normalized spacial score (nSPS) is 13.1. The predicted octanol–water partition coefficient (Wildman–Crippen LogP) is 1.22. The fourth-order valence-electron chi connectivity index (χ4n) is 1.16. The fraction of sp³-hybridized carbons (Fsp3) is 0.250. The van der Waals surface area contributed by atoms with Crippen LogP contribution in [0.25, 0.3) is 0 Å². The van der Waals surface area contributed by atoms with Crippen molar-refractivity contribution >= 4 is 11.3 Å². The molecule has 0 spiro atoms. The average Bonchev–Trinajstić information content (AvgIpc) is 2.72. The molecule has 1 unspecified atom stereocenters. The van der Waals surface area contributed by atoms with Crippen LogP contribution < -0.4 is 5.73 Å². The number of H-pyrrole nitrogens is 1. The van der Waals surface area contributed by atoms with Crippen LogP contribution in [0.15, 0.2) is 17.6 Å². The Balaban J connectivity index is 2.28. The summed E-state index contributed by atoms with van der Waals surface area (Å²) >= 11 is 1.69. The van der Waals surface area contributed by atoms with Crippen molar-refractivity contribution in [3.63, 3.8) is 0 Å². The summed E-state index contributed by atoms with van der Waals surface area (Å²) in [6, 6.07) is 1.91. The van der Waals surface area contributed by atoms with Crippen LogP contribution in [-0.4, -0.2) is 15.4 Å². The first kappa shape index (κ1) is 8.40. The van der Waals surface area contributed by atoms with E-state index >= 15 is 0 Å². The van der Waals surface area contributed by atoms with E-state index in [-0.39, 0.29) is 6.04 Å². The molecule has 0 saturated carbocycles. The molecule has 68 valence electrons. The Labute approximate surface area is 79.8 Å². The van der Waals surface area contributed by atoms with Gasteiger partial charge >= 0.3 is 0 Å². The largest absolute Gasteiger partial charge is 0.319 e. The molecule has 1 atom stereocenters. The highest BCUT2D eigenvalue weighted by Gasteiger charge is 2.12. The molecule has 3 N–H and O–H groups in total. The standard InChI is InChI=1S/C8H10N4S/c1-5-2-6(4-13-5)8(9)7-3-10-12-11-7/h2-4,8H,9H2,1H3,(H,10,11,12). The third-order valence-electron chi connectivity index (χ3n) is 1.86. The second kappa shape index (κ2) is 3.27. The molecule has 5 heteroatoms. The van der Waals surface area contributed by atoms with Gasteiger partial charge in [0.1, 0.15) is 5.69 Å². The zero-order valence-electron chi connectivity index (χ0n) is 7.19. The van der Waals surface area contributed by atoms with E-state index in [0.717, 1.165) is 11.3 Å². The molecule has 0 amide bonds. The number of nitrogens with one attached hydrogen (secondary N) is 1. The minimum absolute atomic E-state index is 0.163. The second-order valence-electron chi connectivity index (χ2n) is 2.86. The SMILES string of the molecule is Cc1cc(C(N)c2cn[nH]n2)cs1. The van der Waals surface area contributed by atoms with Gasteiger partial charge in [-0.2, -0.15) is 15.4 Å². The summed E-state index contributed by atoms with van der Waals surface area (Å²) in [4.78, 5) is 1.26. The van der Waals surface area contributed by atoms with Crippen molar-refractivity contribution in [1.82, 2.24) is 15.4 Å². The van der Waals surface area contributed by atoms with Crippen LogP contribution in [0.3, 0.4) is 0 Å². The van der Waals surface area contributed by atoms with Gasteiger partial charge in [0.15, 0.2) is 0 Å². The van der Waals surface area contributed by atoms with E-state index in [9.17, 15) is 0 Å². The molecular weight excluding hydrogens is 184 g/mol. The molecule has 4 nitrogen and oxygen atoms in total. The molecule has 0 fully saturated rings. The van der Waals surface area contributed by atoms with Gasteiger partial charge in [0, 0.05) is 4.88 Å². The highest BCUT2D eigenvalue weighted by Crippen LogP contribution is 2.22. The number of hydrogen-bond acceptors (Lipinski definition) is 4. The van der Waals surface area contributed by atoms with Gasteiger partial charge in [-0.1, -0.05) is 0 Å². The van der Waals surface area contributed by atoms with Crippen LogP contribution >= 0.6 is 11.3 Å². The summed E-state index contributed by atoms with van der Waals surface area (Å²) in [5.74, 6) is 0. The monoisotopic (exact) mass is 194 g/mol. The molecule has 13 heavy (non-hydrogen) atoms. The van der Waals surface area contributed by atoms with E-state index in [1.165, 1.54) is 4.88 Å². The van der Waals surface area contributed by atoms with E-state index in [2.05, 4.69) is 33.8 Å². The molecule has 2 heterocycles. The Morgan fingerprint density at radius 1 is 1.62 bits per heavy atom. The van der Waals surface area contributed by atoms with Crippen LogP contribution in [0.5, 0.6) is 0 Å². The van der Waals surface area contributed by atoms with E-state index in [0.29, 0.717) is 0 Å². The van der Waals surface area contributed by atoms with Gasteiger partial charge in [-0.3, -0.25) is 0 Å². The Morgan fingerprint density at radius 2 is 2.46 bits per heavy atom. The van der Waals surface area contributed by atoms with Crippen LogP contribution in [0, 0.1) is 6.92 Å². The van der Waals surface area contributed by atoms with Gasteiger partial charge in [0.05, 0.1) is 12.2 Å². The first-order valence-electron chi connectivity index (χ1n) is 3.93. The Bertz CT molecular complexity index is 379. The van der Waals surface area contributed by atoms with E-state index in [4.69, 9.17) is 5.73 Å². The molecule has 0 aliphatic carbocycles. The van der Waals surface area contributed by atoms with Crippen molar-refractivity contribution in [2.45, 2.75) is 13.0 Å². The minimum Gasteiger partial charge on any atom is -0.319 e. The quantitative estimate of drug-likeness (QED) is 0.755. The van der Waals surface area contributed by atoms with Gasteiger partial charge < -0.3 is 5.73 Å². The second-order valence-corrected chi connectivity index (χ2v) is 3.98. The molecule has 2 aromatic heterocycles. The van der Waals surface area contributed by atoms with Crippen molar-refractivity contribution in [2.24, 2.45) is 5.73 Å². The third kappa shape index (κ3) is 1.61. The Kier molecular flexibility index (Phi) is 2.12. The van der Waals surface area contributed by atoms with Crippen LogP contribution in [0.4, 0.5) is 0 Å². The van der Waals surface area contributed by atoms with E-state index < -0.39 is 0 Å². The molecular formula is C8H10N4S. The number of aromatic amines is 1. The number of nitrogens with zero attached hydrogens (tertiary/aromatic N) is 2. The van der Waals surface area contributed by atoms with E-state index in [1.54, 1.807) is 17.5 Å². The summed E-state index contributed by atoms with van der Waals surface area (Å²) in [5, 5.41) is 12.3. The smallest absolute Gasteiger partial charge is 0.104 e. The van der Waals surface area contributed by atoms with Gasteiger partial charge in [0.25, 0.3) is 0 Å². The highest BCUT2D eigenvalue weighted by molar-refractivity contribution is 7.10. The molecule has 2 rings (SSSR count). The third-order valence-corrected chi connectivity index (χ3v) is 2.74. The molecule has 0 bridgehead atoms. The maximum Gasteiger partial charge on any atom is 0.104 e. The van der Waals surface area contributed by atoms with Gasteiger partial charge in [-0.05, 0) is 23.9 Å². The lowest BCUT2D eigenvalue weighted by Gasteiger charge is -2.03. The van der Waals surface area contributed by atoms with Crippen molar-refractivity contribution in [3.05, 3.63) is 33.8 Å². The fourth-order valence-corrected chi connectivity index (χ4v) is 1.90. The van der Waals surface area contributed by atoms with E-state index in [1.807, 2.05) is 0 Å². The summed E-state index contributed by atoms with van der Waals surface area (Å²) in [6.45, 7) is 2.06. The molecule has 0 aromatic carbocycles. The average molecular weight is 194 g/mol. The summed E-state index contributed by atoms with van der Waals surface area (Å²) in [5.41, 5.74) is 7.83. The molecule has 0 aliphatic heterocycles. The molecule has 0 aliphatic rings. The number of aromatic nitrogens is 3. The van der Waals surface area contributed by atoms with Crippen molar-refractivity contribution in [2.75, 3.05) is 0 Å². The first-order chi connectivity index (χ1) is 6.27. The van der Waals surface area contributed by atoms with Crippen molar-refractivity contribution < 1.29 is 0 Å². The predicted molar refractivity (Wildman–Crippen MR) is 51.5 cm³/mol. The zero-order chi connectivity index (χ0) is 9.26. The van der Waals surface area contributed by atoms with Crippen LogP contribution in [0.2, 0.25) is 0 Å². The van der Waals surface area contributed by atoms with Crippen molar-refractivity contribution in [3.8, 4) is 0 Å². The topological polar surface area (TPSA) is 67.6 Å². The van der Waals surface area contributed by atoms with Gasteiger partial charge in [-0.25, -0.2) is 0 Å². The van der Waals surface area contributed by atoms with Crippen LogP contribution in [-0.2, 0) is 0 Å². The minimum atomic E-state index is -0.163. The summed E-state index contributed by atoms with van der Waals surface area (Å²) < 4.78 is 0. The lowest BCUT2D eigenvalue weighted by atomic mass is 10.1. The lowest BCUT2D eigenvalue weighted by Crippen LogP contribution is -2.11. The maximum absolute atomic E-state index is 5.96. The number of thiophene rings is 1. The van der Waals surface area contributed by atoms with Gasteiger partial charge in [0.2, 0.25) is 0 Å². The molecule has 0 radical (unpaired) electrons. The van der Waals surface area contributed by atoms with Gasteiger partial charge in [-0.15, -0.1) is 11.3 Å². The Morgan fingerprint density at radius 3 is 3.00 bits per heavy atom. The van der Waals surface area contributed by atoms with Crippen LogP contribution in [0.1, 0.15) is 22.2 Å². The lowest BCUT2D eigenvalue weighted by molar-refractivity contribution is 0.812. The molecule has 0 saturated heterocycles. The number of rotatable bonds is 2. The molecule has 2 aromatic rings. The Hall–Kier alpha value is -1.20. The summed E-state index contributed by atoms with van der Waals surface area (Å²) in [6.07, 6.45) is 1.65. The number of nitrogens with two attached hydrogens (primary N) is 1.